The van der Waals surface area contributed by atoms with Gasteiger partial charge in [0.05, 0.1) is 0 Å². The molecule has 2 aromatic rings. The van der Waals surface area contributed by atoms with E-state index in [4.69, 9.17) is 5.73 Å². The van der Waals surface area contributed by atoms with Gasteiger partial charge < -0.3 is 5.73 Å². The first-order valence-electron chi connectivity index (χ1n) is 4.08. The lowest BCUT2D eigenvalue weighted by atomic mass is 10.3. The molecular weight excluding hydrogens is 214 g/mol. The number of benzene rings is 1. The van der Waals surface area contributed by atoms with Crippen LogP contribution in [0.25, 0.3) is 0 Å². The molecule has 1 heterocycles. The van der Waals surface area contributed by atoms with Crippen LogP contribution in [0.5, 0.6) is 0 Å². The highest BCUT2D eigenvalue weighted by Gasteiger charge is 2.04. The number of nitrogen functional groups attached to an aromatic ring is 1. The Morgan fingerprint density at radius 3 is 2.79 bits per heavy atom. The second-order valence-electron chi connectivity index (χ2n) is 2.75. The van der Waals surface area contributed by atoms with Crippen molar-refractivity contribution in [2.45, 2.75) is 16.2 Å². The fourth-order valence-corrected chi connectivity index (χ4v) is 2.64. The smallest absolute Gasteiger partial charge is 0.174 e. The van der Waals surface area contributed by atoms with Gasteiger partial charge in [0, 0.05) is 10.6 Å². The molecule has 0 amide bonds. The summed E-state index contributed by atoms with van der Waals surface area (Å²) in [4.78, 5) is 5.29. The van der Waals surface area contributed by atoms with Gasteiger partial charge in [-0.25, -0.2) is 4.98 Å². The van der Waals surface area contributed by atoms with Gasteiger partial charge in [-0.1, -0.05) is 23.9 Å². The van der Waals surface area contributed by atoms with Crippen molar-refractivity contribution in [3.63, 3.8) is 0 Å². The third-order valence-corrected chi connectivity index (χ3v) is 3.56. The van der Waals surface area contributed by atoms with Crippen LogP contribution in [0.15, 0.2) is 33.5 Å². The predicted octanol–water partition coefficient (Wildman–Crippen LogP) is 2.58. The normalized spacial score (nSPS) is 10.4. The maximum Gasteiger partial charge on any atom is 0.174 e. The molecule has 0 saturated heterocycles. The lowest BCUT2D eigenvalue weighted by Crippen LogP contribution is -1.86. The summed E-state index contributed by atoms with van der Waals surface area (Å²) in [6.45, 7) is 1.88. The largest absolute Gasteiger partial charge is 0.398 e. The molecular formula is C9H9N3S2. The second kappa shape index (κ2) is 3.98. The fourth-order valence-electron chi connectivity index (χ4n) is 0.987. The molecule has 0 unspecified atom stereocenters. The zero-order valence-corrected chi connectivity index (χ0v) is 9.23. The van der Waals surface area contributed by atoms with E-state index >= 15 is 0 Å². The Bertz CT molecular complexity index is 439. The lowest BCUT2D eigenvalue weighted by molar-refractivity contribution is 1.10. The summed E-state index contributed by atoms with van der Waals surface area (Å²) < 4.78 is 5.04. The van der Waals surface area contributed by atoms with Gasteiger partial charge in [0.2, 0.25) is 0 Å². The SMILES string of the molecule is Cc1nsc(Sc2ccccc2N)n1. The first-order valence-corrected chi connectivity index (χ1v) is 5.67. The first-order chi connectivity index (χ1) is 6.75. The molecule has 0 aliphatic heterocycles. The Morgan fingerprint density at radius 2 is 2.14 bits per heavy atom. The highest BCUT2D eigenvalue weighted by atomic mass is 32.2. The van der Waals surface area contributed by atoms with Crippen LogP contribution in [-0.2, 0) is 0 Å². The van der Waals surface area contributed by atoms with E-state index in [1.165, 1.54) is 11.5 Å². The minimum absolute atomic E-state index is 0.783. The summed E-state index contributed by atoms with van der Waals surface area (Å²) in [5.74, 6) is 0.812. The summed E-state index contributed by atoms with van der Waals surface area (Å²) in [5, 5.41) is 0. The van der Waals surface area contributed by atoms with E-state index in [1.807, 2.05) is 31.2 Å². The van der Waals surface area contributed by atoms with Gasteiger partial charge in [-0.05, 0) is 30.6 Å². The van der Waals surface area contributed by atoms with E-state index in [0.29, 0.717) is 0 Å². The Morgan fingerprint density at radius 1 is 1.36 bits per heavy atom. The van der Waals surface area contributed by atoms with Gasteiger partial charge in [-0.2, -0.15) is 4.37 Å². The van der Waals surface area contributed by atoms with Crippen molar-refractivity contribution in [1.29, 1.82) is 0 Å². The van der Waals surface area contributed by atoms with Crippen molar-refractivity contribution in [1.82, 2.24) is 9.36 Å². The topological polar surface area (TPSA) is 51.8 Å². The van der Waals surface area contributed by atoms with Crippen LogP contribution < -0.4 is 5.73 Å². The lowest BCUT2D eigenvalue weighted by Gasteiger charge is -2.00. The Labute approximate surface area is 90.5 Å². The van der Waals surface area contributed by atoms with Crippen molar-refractivity contribution in [3.05, 3.63) is 30.1 Å². The van der Waals surface area contributed by atoms with Crippen molar-refractivity contribution in [2.75, 3.05) is 5.73 Å². The van der Waals surface area contributed by atoms with E-state index < -0.39 is 0 Å². The van der Waals surface area contributed by atoms with E-state index in [-0.39, 0.29) is 0 Å². The van der Waals surface area contributed by atoms with Gasteiger partial charge in [0.1, 0.15) is 5.82 Å². The van der Waals surface area contributed by atoms with Crippen molar-refractivity contribution in [2.24, 2.45) is 0 Å². The molecule has 0 saturated carbocycles. The molecule has 14 heavy (non-hydrogen) atoms. The molecule has 1 aromatic carbocycles. The monoisotopic (exact) mass is 223 g/mol. The Kier molecular flexibility index (Phi) is 2.69. The minimum Gasteiger partial charge on any atom is -0.398 e. The number of para-hydroxylation sites is 1. The number of anilines is 1. The average Bonchev–Trinajstić information content (AvgIpc) is 2.56. The Balaban J connectivity index is 2.23. The molecule has 1 aromatic heterocycles. The predicted molar refractivity (Wildman–Crippen MR) is 59.6 cm³/mol. The highest BCUT2D eigenvalue weighted by molar-refractivity contribution is 8.01. The number of nitrogens with zero attached hydrogens (tertiary/aromatic N) is 2. The molecule has 0 spiro atoms. The third kappa shape index (κ3) is 2.05. The molecule has 0 aliphatic rings. The second-order valence-corrected chi connectivity index (χ2v) is 4.79. The molecule has 72 valence electrons. The van der Waals surface area contributed by atoms with E-state index in [9.17, 15) is 0 Å². The van der Waals surface area contributed by atoms with Crippen LogP contribution in [0.4, 0.5) is 5.69 Å². The highest BCUT2D eigenvalue weighted by Crippen LogP contribution is 2.32. The van der Waals surface area contributed by atoms with Gasteiger partial charge in [0.15, 0.2) is 4.34 Å². The molecule has 2 N–H and O–H groups in total. The van der Waals surface area contributed by atoms with Crippen molar-refractivity contribution < 1.29 is 0 Å². The summed E-state index contributed by atoms with van der Waals surface area (Å²) in [6.07, 6.45) is 0. The maximum absolute atomic E-state index is 5.81. The van der Waals surface area contributed by atoms with Crippen LogP contribution in [0.1, 0.15) is 5.82 Å². The van der Waals surface area contributed by atoms with E-state index in [0.717, 1.165) is 20.7 Å². The van der Waals surface area contributed by atoms with Gasteiger partial charge >= 0.3 is 0 Å². The molecule has 0 aliphatic carbocycles. The number of aromatic nitrogens is 2. The van der Waals surface area contributed by atoms with Gasteiger partial charge in [-0.3, -0.25) is 0 Å². The summed E-state index contributed by atoms with van der Waals surface area (Å²) >= 11 is 2.95. The molecule has 0 fully saturated rings. The average molecular weight is 223 g/mol. The molecule has 3 nitrogen and oxygen atoms in total. The summed E-state index contributed by atoms with van der Waals surface area (Å²) in [7, 11) is 0. The number of rotatable bonds is 2. The fraction of sp³-hybridized carbons (Fsp3) is 0.111. The van der Waals surface area contributed by atoms with E-state index in [2.05, 4.69) is 9.36 Å². The van der Waals surface area contributed by atoms with Crippen LogP contribution in [0.3, 0.4) is 0 Å². The van der Waals surface area contributed by atoms with E-state index in [1.54, 1.807) is 11.8 Å². The zero-order chi connectivity index (χ0) is 9.97. The molecule has 2 rings (SSSR count). The number of hydrogen-bond acceptors (Lipinski definition) is 5. The van der Waals surface area contributed by atoms with Gasteiger partial charge in [-0.15, -0.1) is 0 Å². The standard InChI is InChI=1S/C9H9N3S2/c1-6-11-9(14-12-6)13-8-5-3-2-4-7(8)10/h2-5H,10H2,1H3. The van der Waals surface area contributed by atoms with Gasteiger partial charge in [0.25, 0.3) is 0 Å². The minimum atomic E-state index is 0.783. The first kappa shape index (κ1) is 9.48. The molecule has 0 atom stereocenters. The Hall–Kier alpha value is -1.07. The van der Waals surface area contributed by atoms with Crippen LogP contribution in [-0.4, -0.2) is 9.36 Å². The summed E-state index contributed by atoms with van der Waals surface area (Å²) in [6, 6.07) is 7.75. The van der Waals surface area contributed by atoms with Crippen LogP contribution in [0, 0.1) is 6.92 Å². The number of aryl methyl sites for hydroxylation is 1. The van der Waals surface area contributed by atoms with Crippen molar-refractivity contribution in [3.8, 4) is 0 Å². The molecule has 0 radical (unpaired) electrons. The molecule has 5 heteroatoms. The molecule has 0 bridgehead atoms. The zero-order valence-electron chi connectivity index (χ0n) is 7.60. The third-order valence-electron chi connectivity index (χ3n) is 1.63. The quantitative estimate of drug-likeness (QED) is 0.795. The van der Waals surface area contributed by atoms with Crippen LogP contribution >= 0.6 is 23.3 Å². The van der Waals surface area contributed by atoms with Crippen LogP contribution in [0.2, 0.25) is 0 Å². The number of nitrogens with two attached hydrogens (primary N) is 1. The van der Waals surface area contributed by atoms with Crippen molar-refractivity contribution >= 4 is 29.0 Å². The summed E-state index contributed by atoms with van der Waals surface area (Å²) in [5.41, 5.74) is 6.59. The maximum atomic E-state index is 5.81. The number of hydrogen-bond donors (Lipinski definition) is 1.